The predicted octanol–water partition coefficient (Wildman–Crippen LogP) is 3.29. The van der Waals surface area contributed by atoms with Crippen molar-refractivity contribution in [3.8, 4) is 0 Å². The number of para-hydroxylation sites is 1. The van der Waals surface area contributed by atoms with Gasteiger partial charge in [0.25, 0.3) is 0 Å². The molecule has 4 heteroatoms. The Kier molecular flexibility index (Phi) is 5.33. The first kappa shape index (κ1) is 15.8. The van der Waals surface area contributed by atoms with Crippen molar-refractivity contribution < 1.29 is 4.79 Å². The molecule has 0 aliphatic heterocycles. The third-order valence-electron chi connectivity index (χ3n) is 3.25. The van der Waals surface area contributed by atoms with Gasteiger partial charge in [0, 0.05) is 35.6 Å². The summed E-state index contributed by atoms with van der Waals surface area (Å²) in [7, 11) is 0. The van der Waals surface area contributed by atoms with Gasteiger partial charge in [0.15, 0.2) is 5.78 Å². The lowest BCUT2D eigenvalue weighted by molar-refractivity contribution is 0.101. The maximum absolute atomic E-state index is 11.3. The first-order valence-corrected chi connectivity index (χ1v) is 7.08. The monoisotopic (exact) mass is 293 g/mol. The van der Waals surface area contributed by atoms with Crippen LogP contribution >= 0.6 is 0 Å². The molecular formula is C18H19N3O. The quantitative estimate of drug-likeness (QED) is 0.736. The molecule has 0 saturated carbocycles. The van der Waals surface area contributed by atoms with E-state index in [0.29, 0.717) is 12.1 Å². The number of hydrogen-bond donors (Lipinski definition) is 1. The highest BCUT2D eigenvalue weighted by Gasteiger charge is 2.06. The van der Waals surface area contributed by atoms with Gasteiger partial charge in [-0.3, -0.25) is 14.8 Å². The minimum Gasteiger partial charge on any atom is -0.326 e. The average molecular weight is 293 g/mol. The SMILES string of the molecule is CC(=O)c1cc2ccccc2nc1C.NCc1cccnc1. The number of ketones is 1. The Balaban J connectivity index is 0.000000188. The van der Waals surface area contributed by atoms with E-state index in [1.807, 2.05) is 49.4 Å². The topological polar surface area (TPSA) is 68.9 Å². The maximum Gasteiger partial charge on any atom is 0.161 e. The molecule has 2 N–H and O–H groups in total. The third-order valence-corrected chi connectivity index (χ3v) is 3.25. The lowest BCUT2D eigenvalue weighted by Crippen LogP contribution is -1.98. The van der Waals surface area contributed by atoms with E-state index in [4.69, 9.17) is 5.73 Å². The van der Waals surface area contributed by atoms with Crippen molar-refractivity contribution in [2.45, 2.75) is 20.4 Å². The van der Waals surface area contributed by atoms with Gasteiger partial charge in [-0.15, -0.1) is 0 Å². The Bertz CT molecular complexity index is 770. The van der Waals surface area contributed by atoms with E-state index >= 15 is 0 Å². The van der Waals surface area contributed by atoms with E-state index in [2.05, 4.69) is 9.97 Å². The van der Waals surface area contributed by atoms with Gasteiger partial charge < -0.3 is 5.73 Å². The maximum atomic E-state index is 11.3. The zero-order valence-electron chi connectivity index (χ0n) is 12.8. The van der Waals surface area contributed by atoms with Crippen molar-refractivity contribution in [1.82, 2.24) is 9.97 Å². The Morgan fingerprint density at radius 1 is 1.18 bits per heavy atom. The van der Waals surface area contributed by atoms with Crippen LogP contribution in [0.1, 0.15) is 28.5 Å². The largest absolute Gasteiger partial charge is 0.326 e. The second kappa shape index (κ2) is 7.43. The van der Waals surface area contributed by atoms with Gasteiger partial charge in [0.2, 0.25) is 0 Å². The van der Waals surface area contributed by atoms with Crippen LogP contribution in [0.4, 0.5) is 0 Å². The fourth-order valence-electron chi connectivity index (χ4n) is 2.09. The van der Waals surface area contributed by atoms with Gasteiger partial charge in [-0.25, -0.2) is 0 Å². The molecule has 0 fully saturated rings. The van der Waals surface area contributed by atoms with Crippen LogP contribution in [0.3, 0.4) is 0 Å². The Morgan fingerprint density at radius 2 is 1.95 bits per heavy atom. The van der Waals surface area contributed by atoms with E-state index in [1.54, 1.807) is 19.3 Å². The number of fused-ring (bicyclic) bond motifs is 1. The first-order chi connectivity index (χ1) is 10.6. The summed E-state index contributed by atoms with van der Waals surface area (Å²) in [6.45, 7) is 4.01. The Labute approximate surface area is 130 Å². The number of rotatable bonds is 2. The Morgan fingerprint density at radius 3 is 2.55 bits per heavy atom. The number of carbonyl (C=O) groups is 1. The molecule has 0 spiro atoms. The number of nitrogens with two attached hydrogens (primary N) is 1. The summed E-state index contributed by atoms with van der Waals surface area (Å²) in [6, 6.07) is 13.5. The smallest absolute Gasteiger partial charge is 0.161 e. The molecule has 0 atom stereocenters. The van der Waals surface area contributed by atoms with Crippen LogP contribution in [-0.2, 0) is 6.54 Å². The number of Topliss-reactive ketones (excluding diaryl/α,β-unsaturated/α-hetero) is 1. The highest BCUT2D eigenvalue weighted by atomic mass is 16.1. The van der Waals surface area contributed by atoms with Gasteiger partial charge in [-0.05, 0) is 37.6 Å². The van der Waals surface area contributed by atoms with E-state index in [1.165, 1.54) is 0 Å². The minimum atomic E-state index is 0.0701. The molecule has 112 valence electrons. The number of aromatic nitrogens is 2. The summed E-state index contributed by atoms with van der Waals surface area (Å²) in [4.78, 5) is 19.5. The molecule has 0 amide bonds. The Hall–Kier alpha value is -2.59. The molecule has 3 rings (SSSR count). The molecule has 0 aliphatic rings. The summed E-state index contributed by atoms with van der Waals surface area (Å²) >= 11 is 0. The van der Waals surface area contributed by atoms with Gasteiger partial charge in [-0.1, -0.05) is 24.3 Å². The highest BCUT2D eigenvalue weighted by molar-refractivity contribution is 5.98. The number of nitrogens with zero attached hydrogens (tertiary/aromatic N) is 2. The lowest BCUT2D eigenvalue weighted by Gasteiger charge is -2.03. The molecular weight excluding hydrogens is 274 g/mol. The molecule has 0 unspecified atom stereocenters. The zero-order valence-corrected chi connectivity index (χ0v) is 12.8. The number of aryl methyl sites for hydroxylation is 1. The van der Waals surface area contributed by atoms with Crippen LogP contribution in [0, 0.1) is 6.92 Å². The summed E-state index contributed by atoms with van der Waals surface area (Å²) in [5, 5.41) is 1.02. The van der Waals surface area contributed by atoms with E-state index in [0.717, 1.165) is 22.2 Å². The first-order valence-electron chi connectivity index (χ1n) is 7.08. The van der Waals surface area contributed by atoms with E-state index in [9.17, 15) is 4.79 Å². The van der Waals surface area contributed by atoms with Crippen molar-refractivity contribution in [3.05, 3.63) is 71.7 Å². The third kappa shape index (κ3) is 3.96. The average Bonchev–Trinajstić information content (AvgIpc) is 2.55. The van der Waals surface area contributed by atoms with E-state index < -0.39 is 0 Å². The number of benzene rings is 1. The molecule has 2 heterocycles. The number of carbonyl (C=O) groups excluding carboxylic acids is 1. The summed E-state index contributed by atoms with van der Waals surface area (Å²) in [6.07, 6.45) is 3.50. The molecule has 22 heavy (non-hydrogen) atoms. The standard InChI is InChI=1S/C12H11NO.C6H8N2/c1-8-11(9(2)14)7-10-5-3-4-6-12(10)13-8;7-4-6-2-1-3-8-5-6/h3-7H,1-2H3;1-3,5H,4,7H2. The van der Waals surface area contributed by atoms with Gasteiger partial charge in [-0.2, -0.15) is 0 Å². The highest BCUT2D eigenvalue weighted by Crippen LogP contribution is 2.16. The van der Waals surface area contributed by atoms with Gasteiger partial charge >= 0.3 is 0 Å². The van der Waals surface area contributed by atoms with Crippen LogP contribution in [0.2, 0.25) is 0 Å². The predicted molar refractivity (Wildman–Crippen MR) is 88.6 cm³/mol. The molecule has 1 aromatic carbocycles. The lowest BCUT2D eigenvalue weighted by atomic mass is 10.1. The summed E-state index contributed by atoms with van der Waals surface area (Å²) < 4.78 is 0. The molecule has 0 aliphatic carbocycles. The van der Waals surface area contributed by atoms with E-state index in [-0.39, 0.29) is 5.78 Å². The van der Waals surface area contributed by atoms with Gasteiger partial charge in [0.1, 0.15) is 0 Å². The number of pyridine rings is 2. The van der Waals surface area contributed by atoms with Gasteiger partial charge in [0.05, 0.1) is 5.52 Å². The van der Waals surface area contributed by atoms with Crippen LogP contribution in [-0.4, -0.2) is 15.8 Å². The van der Waals surface area contributed by atoms with Crippen molar-refractivity contribution in [2.24, 2.45) is 5.73 Å². The molecule has 4 nitrogen and oxygen atoms in total. The second-order valence-corrected chi connectivity index (χ2v) is 4.94. The normalized spacial score (nSPS) is 9.95. The fourth-order valence-corrected chi connectivity index (χ4v) is 2.09. The second-order valence-electron chi connectivity index (χ2n) is 4.94. The van der Waals surface area contributed by atoms with Crippen molar-refractivity contribution in [1.29, 1.82) is 0 Å². The molecule has 0 saturated heterocycles. The summed E-state index contributed by atoms with van der Waals surface area (Å²) in [5.41, 5.74) is 8.84. The van der Waals surface area contributed by atoms with Crippen molar-refractivity contribution >= 4 is 16.7 Å². The van der Waals surface area contributed by atoms with Crippen molar-refractivity contribution in [3.63, 3.8) is 0 Å². The minimum absolute atomic E-state index is 0.0701. The van der Waals surface area contributed by atoms with Crippen LogP contribution < -0.4 is 5.73 Å². The van der Waals surface area contributed by atoms with Crippen LogP contribution in [0.25, 0.3) is 10.9 Å². The van der Waals surface area contributed by atoms with Crippen LogP contribution in [0.5, 0.6) is 0 Å². The fraction of sp³-hybridized carbons (Fsp3) is 0.167. The molecule has 0 radical (unpaired) electrons. The zero-order chi connectivity index (χ0) is 15.9. The molecule has 2 aromatic heterocycles. The summed E-state index contributed by atoms with van der Waals surface area (Å²) in [5.74, 6) is 0.0701. The van der Waals surface area contributed by atoms with Crippen molar-refractivity contribution in [2.75, 3.05) is 0 Å². The molecule has 0 bridgehead atoms. The van der Waals surface area contributed by atoms with Crippen LogP contribution in [0.15, 0.2) is 54.9 Å². The molecule has 3 aromatic rings. The number of hydrogen-bond acceptors (Lipinski definition) is 4.